The van der Waals surface area contributed by atoms with E-state index in [1.165, 1.54) is 27.7 Å². The highest BCUT2D eigenvalue weighted by atomic mass is 32.2. The topological polar surface area (TPSA) is 119 Å². The number of para-hydroxylation sites is 2. The zero-order valence-corrected chi connectivity index (χ0v) is 18.7. The molecule has 0 aliphatic carbocycles. The number of hydrogen-bond donors (Lipinski definition) is 2. The van der Waals surface area contributed by atoms with Crippen molar-refractivity contribution in [3.05, 3.63) is 64.6 Å². The average molecular weight is 470 g/mol. The molecule has 9 nitrogen and oxygen atoms in total. The lowest BCUT2D eigenvalue weighted by molar-refractivity contribution is -0.117. The van der Waals surface area contributed by atoms with Crippen molar-refractivity contribution < 1.29 is 14.0 Å². The molecule has 0 fully saturated rings. The lowest BCUT2D eigenvalue weighted by Gasteiger charge is -2.05. The van der Waals surface area contributed by atoms with Crippen LogP contribution in [0.4, 0.5) is 10.8 Å². The molecule has 0 aliphatic rings. The maximum Gasteiger partial charge on any atom is 0.420 e. The first-order valence-electron chi connectivity index (χ1n) is 9.69. The summed E-state index contributed by atoms with van der Waals surface area (Å²) < 4.78 is 7.02. The number of amides is 2. The van der Waals surface area contributed by atoms with Crippen LogP contribution in [-0.2, 0) is 16.1 Å². The summed E-state index contributed by atoms with van der Waals surface area (Å²) in [5, 5.41) is 13.8. The monoisotopic (exact) mass is 469 g/mol. The molecule has 2 amide bonds. The van der Waals surface area contributed by atoms with Gasteiger partial charge in [-0.3, -0.25) is 19.5 Å². The number of nitrogens with zero attached hydrogens (tertiary/aromatic N) is 3. The van der Waals surface area contributed by atoms with Crippen molar-refractivity contribution >= 4 is 56.8 Å². The van der Waals surface area contributed by atoms with E-state index < -0.39 is 11.7 Å². The number of thioether (sulfide) groups is 1. The number of anilines is 2. The number of benzene rings is 2. The SMILES string of the molecule is Cc1cccc(NC(=O)CCSc2nnc(NC(=O)Cn3c(=O)oc4ccccc43)s2)c1. The minimum atomic E-state index is -0.598. The van der Waals surface area contributed by atoms with Crippen molar-refractivity contribution in [3.63, 3.8) is 0 Å². The second-order valence-electron chi connectivity index (χ2n) is 6.86. The Morgan fingerprint density at radius 1 is 1.09 bits per heavy atom. The lowest BCUT2D eigenvalue weighted by atomic mass is 10.2. The van der Waals surface area contributed by atoms with Gasteiger partial charge in [0, 0.05) is 17.9 Å². The molecule has 0 spiro atoms. The number of aromatic nitrogens is 3. The zero-order valence-electron chi connectivity index (χ0n) is 17.0. The number of carbonyl (C=O) groups is 2. The Bertz CT molecular complexity index is 1330. The molecule has 11 heteroatoms. The summed E-state index contributed by atoms with van der Waals surface area (Å²) in [5.74, 6) is -0.571. The van der Waals surface area contributed by atoms with Crippen molar-refractivity contribution in [2.75, 3.05) is 16.4 Å². The summed E-state index contributed by atoms with van der Waals surface area (Å²) >= 11 is 2.59. The maximum atomic E-state index is 12.4. The van der Waals surface area contributed by atoms with Crippen LogP contribution < -0.4 is 16.4 Å². The van der Waals surface area contributed by atoms with Gasteiger partial charge in [-0.1, -0.05) is 47.4 Å². The number of rotatable bonds is 8. The van der Waals surface area contributed by atoms with E-state index in [-0.39, 0.29) is 12.5 Å². The molecule has 0 bridgehead atoms. The van der Waals surface area contributed by atoms with Crippen LogP contribution in [0.2, 0.25) is 0 Å². The molecule has 2 N–H and O–H groups in total. The first-order chi connectivity index (χ1) is 15.5. The molecular weight excluding hydrogens is 450 g/mol. The molecule has 2 aromatic heterocycles. The summed E-state index contributed by atoms with van der Waals surface area (Å²) in [5.41, 5.74) is 2.81. The van der Waals surface area contributed by atoms with Crippen LogP contribution in [0.1, 0.15) is 12.0 Å². The second-order valence-corrected chi connectivity index (χ2v) is 9.18. The molecule has 0 saturated carbocycles. The number of fused-ring (bicyclic) bond motifs is 1. The smallest absolute Gasteiger partial charge is 0.408 e. The van der Waals surface area contributed by atoms with Gasteiger partial charge in [0.05, 0.1) is 5.52 Å². The standard InChI is InChI=1S/C21H19N5O4S2/c1-13-5-4-6-14(11-13)22-17(27)9-10-31-20-25-24-19(32-20)23-18(28)12-26-15-7-2-3-8-16(15)30-21(26)29/h2-8,11H,9-10,12H2,1H3,(H,22,27)(H,23,24,28). The molecule has 4 rings (SSSR count). The van der Waals surface area contributed by atoms with E-state index in [4.69, 9.17) is 4.42 Å². The summed E-state index contributed by atoms with van der Waals surface area (Å²) in [4.78, 5) is 36.4. The van der Waals surface area contributed by atoms with Gasteiger partial charge in [0.1, 0.15) is 6.54 Å². The maximum absolute atomic E-state index is 12.4. The van der Waals surface area contributed by atoms with Gasteiger partial charge in [0.25, 0.3) is 0 Å². The molecule has 2 aromatic carbocycles. The van der Waals surface area contributed by atoms with E-state index in [0.29, 0.717) is 32.7 Å². The third-order valence-electron chi connectivity index (χ3n) is 4.38. The summed E-state index contributed by atoms with van der Waals surface area (Å²) in [6.07, 6.45) is 0.316. The molecule has 4 aromatic rings. The van der Waals surface area contributed by atoms with E-state index in [2.05, 4.69) is 20.8 Å². The Morgan fingerprint density at radius 2 is 1.94 bits per heavy atom. The number of carbonyl (C=O) groups excluding carboxylic acids is 2. The van der Waals surface area contributed by atoms with E-state index in [0.717, 1.165) is 11.3 Å². The number of aryl methyl sites for hydroxylation is 1. The zero-order chi connectivity index (χ0) is 22.5. The molecule has 0 saturated heterocycles. The Labute approximate surface area is 190 Å². The van der Waals surface area contributed by atoms with Gasteiger partial charge in [-0.2, -0.15) is 0 Å². The van der Waals surface area contributed by atoms with Crippen molar-refractivity contribution in [1.82, 2.24) is 14.8 Å². The van der Waals surface area contributed by atoms with Gasteiger partial charge < -0.3 is 9.73 Å². The molecule has 0 unspecified atom stereocenters. The largest absolute Gasteiger partial charge is 0.420 e. The molecule has 164 valence electrons. The normalized spacial score (nSPS) is 10.9. The van der Waals surface area contributed by atoms with Gasteiger partial charge in [-0.25, -0.2) is 4.79 Å². The third-order valence-corrected chi connectivity index (χ3v) is 6.36. The predicted octanol–water partition coefficient (Wildman–Crippen LogP) is 3.51. The van der Waals surface area contributed by atoms with E-state index >= 15 is 0 Å². The highest BCUT2D eigenvalue weighted by Crippen LogP contribution is 2.26. The summed E-state index contributed by atoms with van der Waals surface area (Å²) in [6.45, 7) is 1.77. The van der Waals surface area contributed by atoms with E-state index in [9.17, 15) is 14.4 Å². The molecule has 32 heavy (non-hydrogen) atoms. The van der Waals surface area contributed by atoms with Gasteiger partial charge in [-0.15, -0.1) is 10.2 Å². The fourth-order valence-electron chi connectivity index (χ4n) is 2.96. The van der Waals surface area contributed by atoms with Crippen LogP contribution in [0.15, 0.2) is 62.1 Å². The Morgan fingerprint density at radius 3 is 2.78 bits per heavy atom. The number of nitrogens with one attached hydrogen (secondary N) is 2. The van der Waals surface area contributed by atoms with Crippen molar-refractivity contribution in [1.29, 1.82) is 0 Å². The van der Waals surface area contributed by atoms with Crippen LogP contribution in [0.5, 0.6) is 0 Å². The molecule has 2 heterocycles. The van der Waals surface area contributed by atoms with Crippen LogP contribution >= 0.6 is 23.1 Å². The second kappa shape index (κ2) is 9.79. The average Bonchev–Trinajstić information content (AvgIpc) is 3.32. The number of oxazole rings is 1. The molecule has 0 radical (unpaired) electrons. The Hall–Kier alpha value is -3.44. The van der Waals surface area contributed by atoms with E-state index in [1.54, 1.807) is 24.3 Å². The van der Waals surface area contributed by atoms with Crippen molar-refractivity contribution in [2.45, 2.75) is 24.2 Å². The summed E-state index contributed by atoms with van der Waals surface area (Å²) in [6, 6.07) is 14.5. The van der Waals surface area contributed by atoms with E-state index in [1.807, 2.05) is 31.2 Å². The van der Waals surface area contributed by atoms with Crippen LogP contribution in [0, 0.1) is 6.92 Å². The minimum absolute atomic E-state index is 0.0843. The molecule has 0 atom stereocenters. The predicted molar refractivity (Wildman–Crippen MR) is 124 cm³/mol. The van der Waals surface area contributed by atoms with Gasteiger partial charge >= 0.3 is 5.76 Å². The number of hydrogen-bond acceptors (Lipinski definition) is 8. The highest BCUT2D eigenvalue weighted by molar-refractivity contribution is 8.01. The Balaban J connectivity index is 1.26. The van der Waals surface area contributed by atoms with Crippen LogP contribution in [0.3, 0.4) is 0 Å². The van der Waals surface area contributed by atoms with Crippen LogP contribution in [0.25, 0.3) is 11.1 Å². The van der Waals surface area contributed by atoms with Gasteiger partial charge in [0.15, 0.2) is 9.92 Å². The minimum Gasteiger partial charge on any atom is -0.408 e. The first kappa shape index (κ1) is 21.8. The first-order valence-corrected chi connectivity index (χ1v) is 11.5. The fraction of sp³-hybridized carbons (Fsp3) is 0.190. The van der Waals surface area contributed by atoms with Crippen LogP contribution in [-0.4, -0.2) is 32.3 Å². The Kier molecular flexibility index (Phi) is 6.66. The quantitative estimate of drug-likeness (QED) is 0.299. The molecule has 0 aliphatic heterocycles. The van der Waals surface area contributed by atoms with Crippen molar-refractivity contribution in [3.8, 4) is 0 Å². The lowest BCUT2D eigenvalue weighted by Crippen LogP contribution is -2.24. The van der Waals surface area contributed by atoms with Gasteiger partial charge in [-0.05, 0) is 36.8 Å². The van der Waals surface area contributed by atoms with Gasteiger partial charge in [0.2, 0.25) is 16.9 Å². The van der Waals surface area contributed by atoms with Crippen molar-refractivity contribution in [2.24, 2.45) is 0 Å². The molecular formula is C21H19N5O4S2. The highest BCUT2D eigenvalue weighted by Gasteiger charge is 2.14. The fourth-order valence-corrected chi connectivity index (χ4v) is 4.74. The summed E-state index contributed by atoms with van der Waals surface area (Å²) in [7, 11) is 0. The third kappa shape index (κ3) is 5.42.